The molecular weight excluding hydrogens is 266 g/mol. The van der Waals surface area contributed by atoms with Crippen LogP contribution in [0.25, 0.3) is 10.8 Å². The molecule has 1 N–H and O–H groups in total. The van der Waals surface area contributed by atoms with E-state index in [2.05, 4.69) is 10.3 Å². The zero-order chi connectivity index (χ0) is 14.8. The molecule has 0 bridgehead atoms. The lowest BCUT2D eigenvalue weighted by Gasteiger charge is -2.09. The van der Waals surface area contributed by atoms with Crippen molar-refractivity contribution in [3.05, 3.63) is 70.4 Å². The van der Waals surface area contributed by atoms with Gasteiger partial charge in [0, 0.05) is 23.3 Å². The number of rotatable bonds is 3. The number of hydrogen-bond donors (Lipinski definition) is 1. The van der Waals surface area contributed by atoms with E-state index < -0.39 is 0 Å². The highest BCUT2D eigenvalue weighted by Gasteiger charge is 2.13. The van der Waals surface area contributed by atoms with Crippen molar-refractivity contribution in [2.24, 2.45) is 0 Å². The third kappa shape index (κ3) is 2.53. The monoisotopic (exact) mass is 279 g/mol. The summed E-state index contributed by atoms with van der Waals surface area (Å²) in [7, 11) is 0. The van der Waals surface area contributed by atoms with Gasteiger partial charge in [0.2, 0.25) is 0 Å². The highest BCUT2D eigenvalue weighted by atomic mass is 16.6. The Labute approximate surface area is 121 Å². The van der Waals surface area contributed by atoms with Gasteiger partial charge in [-0.05, 0) is 30.7 Å². The molecule has 0 fully saturated rings. The van der Waals surface area contributed by atoms with Crippen LogP contribution < -0.4 is 5.32 Å². The van der Waals surface area contributed by atoms with Gasteiger partial charge in [-0.15, -0.1) is 0 Å². The zero-order valence-corrected chi connectivity index (χ0v) is 11.4. The van der Waals surface area contributed by atoms with E-state index in [1.54, 1.807) is 18.3 Å². The van der Waals surface area contributed by atoms with Gasteiger partial charge >= 0.3 is 0 Å². The molecule has 21 heavy (non-hydrogen) atoms. The van der Waals surface area contributed by atoms with E-state index in [1.165, 1.54) is 6.07 Å². The predicted molar refractivity (Wildman–Crippen MR) is 82.9 cm³/mol. The van der Waals surface area contributed by atoms with Crippen LogP contribution in [-0.4, -0.2) is 9.91 Å². The van der Waals surface area contributed by atoms with Gasteiger partial charge in [-0.25, -0.2) is 4.98 Å². The number of fused-ring (bicyclic) bond motifs is 1. The molecule has 0 atom stereocenters. The summed E-state index contributed by atoms with van der Waals surface area (Å²) in [6.07, 6.45) is 1.58. The van der Waals surface area contributed by atoms with Gasteiger partial charge < -0.3 is 5.32 Å². The van der Waals surface area contributed by atoms with Crippen LogP contribution in [0.15, 0.2) is 54.7 Å². The summed E-state index contributed by atoms with van der Waals surface area (Å²) in [5.41, 5.74) is 2.12. The van der Waals surface area contributed by atoms with E-state index >= 15 is 0 Å². The molecule has 104 valence electrons. The molecule has 0 radical (unpaired) electrons. The number of aromatic nitrogens is 1. The van der Waals surface area contributed by atoms with Crippen LogP contribution >= 0.6 is 0 Å². The second kappa shape index (κ2) is 5.20. The molecule has 0 saturated heterocycles. The first-order valence-electron chi connectivity index (χ1n) is 6.51. The number of pyridine rings is 1. The topological polar surface area (TPSA) is 68.1 Å². The number of anilines is 2. The van der Waals surface area contributed by atoms with Crippen molar-refractivity contribution in [2.75, 3.05) is 5.32 Å². The first-order chi connectivity index (χ1) is 10.1. The maximum Gasteiger partial charge on any atom is 0.277 e. The van der Waals surface area contributed by atoms with Gasteiger partial charge in [0.05, 0.1) is 10.3 Å². The van der Waals surface area contributed by atoms with Gasteiger partial charge in [-0.2, -0.15) is 0 Å². The number of nitrogens with one attached hydrogen (secondary N) is 1. The van der Waals surface area contributed by atoms with Crippen molar-refractivity contribution in [3.63, 3.8) is 0 Å². The van der Waals surface area contributed by atoms with Crippen molar-refractivity contribution >= 4 is 28.0 Å². The number of nitrogens with zero attached hydrogens (tertiary/aromatic N) is 2. The minimum Gasteiger partial charge on any atom is -0.340 e. The van der Waals surface area contributed by atoms with Crippen LogP contribution in [0, 0.1) is 17.0 Å². The molecule has 5 nitrogen and oxygen atoms in total. The second-order valence-corrected chi connectivity index (χ2v) is 4.78. The average molecular weight is 279 g/mol. The number of nitro groups is 1. The summed E-state index contributed by atoms with van der Waals surface area (Å²) in [5.74, 6) is 0.613. The lowest BCUT2D eigenvalue weighted by atomic mass is 10.1. The first-order valence-corrected chi connectivity index (χ1v) is 6.51. The fourth-order valence-electron chi connectivity index (χ4n) is 2.31. The molecule has 0 aliphatic rings. The summed E-state index contributed by atoms with van der Waals surface area (Å²) in [5, 5.41) is 15.6. The lowest BCUT2D eigenvalue weighted by molar-refractivity contribution is -0.383. The summed E-state index contributed by atoms with van der Waals surface area (Å²) in [6.45, 7) is 2.01. The number of non-ortho nitro benzene ring substituents is 1. The van der Waals surface area contributed by atoms with Crippen molar-refractivity contribution in [1.82, 2.24) is 4.98 Å². The van der Waals surface area contributed by atoms with Crippen LogP contribution in [0.3, 0.4) is 0 Å². The molecule has 0 amide bonds. The quantitative estimate of drug-likeness (QED) is 0.576. The predicted octanol–water partition coefficient (Wildman–Crippen LogP) is 4.20. The third-order valence-electron chi connectivity index (χ3n) is 3.26. The van der Waals surface area contributed by atoms with E-state index in [4.69, 9.17) is 0 Å². The van der Waals surface area contributed by atoms with Gasteiger partial charge in [-0.1, -0.05) is 24.3 Å². The van der Waals surface area contributed by atoms with Crippen LogP contribution in [0.4, 0.5) is 17.2 Å². The van der Waals surface area contributed by atoms with Crippen molar-refractivity contribution in [3.8, 4) is 0 Å². The van der Waals surface area contributed by atoms with Gasteiger partial charge in [0.25, 0.3) is 5.69 Å². The standard InChI is InChI=1S/C16H13N3O2/c1-11-4-2-5-12(10-11)18-16-14-6-3-7-15(19(20)21)13(14)8-9-17-16/h2-10H,1H3,(H,17,18). The van der Waals surface area contributed by atoms with Crippen LogP contribution in [-0.2, 0) is 0 Å². The molecule has 5 heteroatoms. The van der Waals surface area contributed by atoms with Crippen molar-refractivity contribution in [1.29, 1.82) is 0 Å². The number of aryl methyl sites for hydroxylation is 1. The van der Waals surface area contributed by atoms with Gasteiger partial charge in [0.15, 0.2) is 0 Å². The van der Waals surface area contributed by atoms with E-state index in [-0.39, 0.29) is 10.6 Å². The Morgan fingerprint density at radius 3 is 2.67 bits per heavy atom. The van der Waals surface area contributed by atoms with E-state index in [9.17, 15) is 10.1 Å². The van der Waals surface area contributed by atoms with Crippen molar-refractivity contribution in [2.45, 2.75) is 6.92 Å². The molecule has 0 saturated carbocycles. The number of hydrogen-bond acceptors (Lipinski definition) is 4. The molecule has 3 rings (SSSR count). The van der Waals surface area contributed by atoms with E-state index in [1.807, 2.05) is 37.3 Å². The Bertz CT molecular complexity index is 831. The molecule has 2 aromatic carbocycles. The Morgan fingerprint density at radius 1 is 1.10 bits per heavy atom. The average Bonchev–Trinajstić information content (AvgIpc) is 2.47. The van der Waals surface area contributed by atoms with E-state index in [0.29, 0.717) is 11.2 Å². The zero-order valence-electron chi connectivity index (χ0n) is 11.4. The Morgan fingerprint density at radius 2 is 1.90 bits per heavy atom. The Balaban J connectivity index is 2.11. The molecule has 0 unspecified atom stereocenters. The highest BCUT2D eigenvalue weighted by molar-refractivity contribution is 5.98. The number of benzene rings is 2. The van der Waals surface area contributed by atoms with E-state index in [0.717, 1.165) is 16.6 Å². The summed E-state index contributed by atoms with van der Waals surface area (Å²) < 4.78 is 0. The minimum atomic E-state index is -0.376. The fourth-order valence-corrected chi connectivity index (χ4v) is 2.31. The first kappa shape index (κ1) is 13.1. The van der Waals surface area contributed by atoms with Crippen LogP contribution in [0.1, 0.15) is 5.56 Å². The molecule has 0 aliphatic carbocycles. The molecule has 0 spiro atoms. The molecule has 3 aromatic rings. The molecular formula is C16H13N3O2. The molecule has 0 aliphatic heterocycles. The lowest BCUT2D eigenvalue weighted by Crippen LogP contribution is -1.96. The summed E-state index contributed by atoms with van der Waals surface area (Å²) in [4.78, 5) is 15.0. The number of nitro benzene ring substituents is 1. The Kier molecular flexibility index (Phi) is 3.23. The van der Waals surface area contributed by atoms with Gasteiger partial charge in [-0.3, -0.25) is 10.1 Å². The SMILES string of the molecule is Cc1cccc(Nc2nccc3c([N+](=O)[O-])cccc23)c1. The maximum absolute atomic E-state index is 11.1. The summed E-state index contributed by atoms with van der Waals surface area (Å²) >= 11 is 0. The van der Waals surface area contributed by atoms with Crippen LogP contribution in [0.2, 0.25) is 0 Å². The minimum absolute atomic E-state index is 0.0854. The maximum atomic E-state index is 11.1. The smallest absolute Gasteiger partial charge is 0.277 e. The second-order valence-electron chi connectivity index (χ2n) is 4.78. The molecule has 1 heterocycles. The Hall–Kier alpha value is -2.95. The normalized spacial score (nSPS) is 10.5. The highest BCUT2D eigenvalue weighted by Crippen LogP contribution is 2.30. The fraction of sp³-hybridized carbons (Fsp3) is 0.0625. The van der Waals surface area contributed by atoms with Gasteiger partial charge in [0.1, 0.15) is 5.82 Å². The third-order valence-corrected chi connectivity index (χ3v) is 3.26. The van der Waals surface area contributed by atoms with Crippen LogP contribution in [0.5, 0.6) is 0 Å². The summed E-state index contributed by atoms with van der Waals surface area (Å²) in [6, 6.07) is 14.5. The van der Waals surface area contributed by atoms with Crippen molar-refractivity contribution < 1.29 is 4.92 Å². The molecule has 1 aromatic heterocycles. The largest absolute Gasteiger partial charge is 0.340 e.